The summed E-state index contributed by atoms with van der Waals surface area (Å²) in [5.41, 5.74) is 0.0187. The highest BCUT2D eigenvalue weighted by molar-refractivity contribution is 7.92. The molecule has 1 aliphatic rings. The Kier molecular flexibility index (Phi) is 4.15. The van der Waals surface area contributed by atoms with E-state index >= 15 is 4.39 Å². The van der Waals surface area contributed by atoms with Gasteiger partial charge in [0.2, 0.25) is 0 Å². The average molecular weight is 418 g/mol. The monoisotopic (exact) mass is 418 g/mol. The van der Waals surface area contributed by atoms with E-state index in [1.807, 2.05) is 0 Å². The summed E-state index contributed by atoms with van der Waals surface area (Å²) in [4.78, 5) is 12.0. The first-order chi connectivity index (χ1) is 14.6. The van der Waals surface area contributed by atoms with E-state index in [1.54, 1.807) is 47.2 Å². The van der Waals surface area contributed by atoms with Crippen LogP contribution in [0.1, 0.15) is 8.30 Å². The fraction of sp³-hybridized carbons (Fsp3) is 0.150. The Hall–Kier alpha value is -3.33. The summed E-state index contributed by atoms with van der Waals surface area (Å²) in [6.45, 7) is -3.09. The summed E-state index contributed by atoms with van der Waals surface area (Å²) < 4.78 is 69.2. The minimum Gasteiger partial charge on any atom is -0.497 e. The van der Waals surface area contributed by atoms with Gasteiger partial charge in [-0.2, -0.15) is 8.42 Å². The van der Waals surface area contributed by atoms with E-state index in [4.69, 9.17) is 12.2 Å². The van der Waals surface area contributed by atoms with Crippen LogP contribution in [0.4, 0.5) is 10.1 Å². The van der Waals surface area contributed by atoms with E-state index in [-0.39, 0.29) is 22.0 Å². The third-order valence-corrected chi connectivity index (χ3v) is 5.53. The lowest BCUT2D eigenvalue weighted by atomic mass is 10.1. The van der Waals surface area contributed by atoms with Gasteiger partial charge >= 0.3 is 10.2 Å². The van der Waals surface area contributed by atoms with E-state index < -0.39 is 34.1 Å². The van der Waals surface area contributed by atoms with Crippen molar-refractivity contribution in [2.24, 2.45) is 0 Å². The standard InChI is InChI=1S/C20H17FN2O5S/c1-27-15-8-7-14-9-17(28-12-13-5-3-2-4-6-13)20(19(21)16(14)10-15)23-11-18(24)22-29(23,25)26/h2-10H,11-12H2,1H3,(H,22,24)/i11D2. The summed E-state index contributed by atoms with van der Waals surface area (Å²) in [6, 6.07) is 14.8. The van der Waals surface area contributed by atoms with Crippen LogP contribution < -0.4 is 18.5 Å². The van der Waals surface area contributed by atoms with E-state index in [9.17, 15) is 13.2 Å². The van der Waals surface area contributed by atoms with Crippen molar-refractivity contribution in [1.82, 2.24) is 4.72 Å². The lowest BCUT2D eigenvalue weighted by Gasteiger charge is -2.21. The zero-order valence-electron chi connectivity index (χ0n) is 17.2. The number of anilines is 1. The van der Waals surface area contributed by atoms with Crippen molar-refractivity contribution in [3.05, 3.63) is 66.0 Å². The summed E-state index contributed by atoms with van der Waals surface area (Å²) in [6.07, 6.45) is 0. The Morgan fingerprint density at radius 1 is 1.21 bits per heavy atom. The second kappa shape index (κ2) is 7.25. The summed E-state index contributed by atoms with van der Waals surface area (Å²) in [5, 5.41) is 0.355. The molecule has 3 aromatic rings. The summed E-state index contributed by atoms with van der Waals surface area (Å²) in [5.74, 6) is -2.41. The van der Waals surface area contributed by atoms with Gasteiger partial charge < -0.3 is 9.47 Å². The zero-order valence-corrected chi connectivity index (χ0v) is 16.0. The summed E-state index contributed by atoms with van der Waals surface area (Å²) >= 11 is 0. The first-order valence-corrected chi connectivity index (χ1v) is 9.94. The molecule has 1 fully saturated rings. The van der Waals surface area contributed by atoms with Gasteiger partial charge in [0.15, 0.2) is 5.82 Å². The molecule has 7 nitrogen and oxygen atoms in total. The zero-order chi connectivity index (χ0) is 22.4. The molecular formula is C20H17FN2O5S. The van der Waals surface area contributed by atoms with Crippen molar-refractivity contribution < 1.29 is 29.8 Å². The largest absolute Gasteiger partial charge is 0.497 e. The van der Waals surface area contributed by atoms with Crippen LogP contribution in [0.3, 0.4) is 0 Å². The topological polar surface area (TPSA) is 84.9 Å². The molecule has 0 saturated carbocycles. The number of fused-ring (bicyclic) bond motifs is 1. The minimum atomic E-state index is -4.70. The number of halogens is 1. The number of nitrogens with zero attached hydrogens (tertiary/aromatic N) is 1. The Morgan fingerprint density at radius 2 is 1.97 bits per heavy atom. The van der Waals surface area contributed by atoms with Crippen molar-refractivity contribution in [2.45, 2.75) is 6.61 Å². The van der Waals surface area contributed by atoms with Gasteiger partial charge in [0, 0.05) is 5.39 Å². The molecule has 0 radical (unpaired) electrons. The van der Waals surface area contributed by atoms with Crippen LogP contribution in [0.2, 0.25) is 0 Å². The Labute approximate surface area is 169 Å². The van der Waals surface area contributed by atoms with Crippen molar-refractivity contribution in [3.8, 4) is 11.5 Å². The second-order valence-corrected chi connectivity index (χ2v) is 7.73. The third-order valence-electron chi connectivity index (χ3n) is 4.33. The van der Waals surface area contributed by atoms with Gasteiger partial charge in [-0.1, -0.05) is 36.4 Å². The first kappa shape index (κ1) is 16.6. The molecule has 29 heavy (non-hydrogen) atoms. The maximum Gasteiger partial charge on any atom is 0.326 e. The molecule has 9 heteroatoms. The molecule has 3 aromatic carbocycles. The van der Waals surface area contributed by atoms with E-state index in [2.05, 4.69) is 0 Å². The molecule has 150 valence electrons. The van der Waals surface area contributed by atoms with Crippen molar-refractivity contribution in [3.63, 3.8) is 0 Å². The Balaban J connectivity index is 1.94. The van der Waals surface area contributed by atoms with Gasteiger partial charge in [-0.05, 0) is 29.1 Å². The van der Waals surface area contributed by atoms with Crippen molar-refractivity contribution in [1.29, 1.82) is 0 Å². The minimum absolute atomic E-state index is 0.0215. The van der Waals surface area contributed by atoms with Gasteiger partial charge in [-0.25, -0.2) is 13.4 Å². The molecule has 1 heterocycles. The molecule has 0 aliphatic carbocycles. The number of methoxy groups -OCH3 is 1. The SMILES string of the molecule is [2H]C1([2H])C(=O)NS(=O)(=O)N1c1c(OCc2ccccc2)cc2ccc(OC)cc2c1F. The number of amides is 1. The quantitative estimate of drug-likeness (QED) is 0.689. The number of rotatable bonds is 5. The fourth-order valence-electron chi connectivity index (χ4n) is 2.97. The predicted octanol–water partition coefficient (Wildman–Crippen LogP) is 2.75. The smallest absolute Gasteiger partial charge is 0.326 e. The molecular weight excluding hydrogens is 399 g/mol. The molecule has 1 N–H and O–H groups in total. The summed E-state index contributed by atoms with van der Waals surface area (Å²) in [7, 11) is -3.31. The van der Waals surface area contributed by atoms with Gasteiger partial charge in [-0.15, -0.1) is 0 Å². The van der Waals surface area contributed by atoms with Crippen LogP contribution >= 0.6 is 0 Å². The normalized spacial score (nSPS) is 18.1. The van der Waals surface area contributed by atoms with Crippen molar-refractivity contribution >= 4 is 32.6 Å². The van der Waals surface area contributed by atoms with Crippen molar-refractivity contribution in [2.75, 3.05) is 17.9 Å². The molecule has 0 bridgehead atoms. The van der Waals surface area contributed by atoms with E-state index in [0.717, 1.165) is 5.56 Å². The van der Waals surface area contributed by atoms with Crippen LogP contribution in [0.25, 0.3) is 10.8 Å². The highest BCUT2D eigenvalue weighted by Crippen LogP contribution is 2.40. The van der Waals surface area contributed by atoms with E-state index in [1.165, 1.54) is 19.2 Å². The van der Waals surface area contributed by atoms with Crippen LogP contribution in [0, 0.1) is 5.82 Å². The predicted molar refractivity (Wildman–Crippen MR) is 106 cm³/mol. The molecule has 1 saturated heterocycles. The third kappa shape index (κ3) is 3.56. The van der Waals surface area contributed by atoms with Gasteiger partial charge in [0.1, 0.15) is 30.3 Å². The highest BCUT2D eigenvalue weighted by atomic mass is 32.2. The fourth-order valence-corrected chi connectivity index (χ4v) is 3.96. The molecule has 1 amide bonds. The number of hydrogen-bond acceptors (Lipinski definition) is 5. The highest BCUT2D eigenvalue weighted by Gasteiger charge is 2.38. The lowest BCUT2D eigenvalue weighted by Crippen LogP contribution is -2.30. The Bertz CT molecular complexity index is 1290. The molecule has 0 atom stereocenters. The first-order valence-electron chi connectivity index (χ1n) is 9.50. The second-order valence-electron chi connectivity index (χ2n) is 6.21. The molecule has 0 unspecified atom stereocenters. The number of nitrogens with one attached hydrogen (secondary N) is 1. The number of carbonyl (C=O) groups is 1. The Morgan fingerprint density at radius 3 is 2.62 bits per heavy atom. The number of carbonyl (C=O) groups excluding carboxylic acids is 1. The number of hydrogen-bond donors (Lipinski definition) is 1. The maximum absolute atomic E-state index is 15.7. The van der Waals surface area contributed by atoms with Gasteiger partial charge in [-0.3, -0.25) is 4.79 Å². The molecule has 4 rings (SSSR count). The van der Waals surface area contributed by atoms with E-state index in [0.29, 0.717) is 11.1 Å². The molecule has 0 aromatic heterocycles. The maximum atomic E-state index is 15.7. The molecule has 1 aliphatic heterocycles. The lowest BCUT2D eigenvalue weighted by molar-refractivity contribution is -0.117. The van der Waals surface area contributed by atoms with Crippen LogP contribution in [-0.4, -0.2) is 27.9 Å². The van der Waals surface area contributed by atoms with Gasteiger partial charge in [0.05, 0.1) is 9.85 Å². The average Bonchev–Trinajstić information content (AvgIpc) is 2.90. The number of benzene rings is 3. The van der Waals surface area contributed by atoms with Crippen LogP contribution in [0.5, 0.6) is 11.5 Å². The molecule has 0 spiro atoms. The number of ether oxygens (including phenoxy) is 2. The van der Waals surface area contributed by atoms with Crippen LogP contribution in [-0.2, 0) is 21.6 Å². The van der Waals surface area contributed by atoms with Crippen LogP contribution in [0.15, 0.2) is 54.6 Å². The van der Waals surface area contributed by atoms with Gasteiger partial charge in [0.25, 0.3) is 5.91 Å².